The molecule has 3 aromatic heterocycles. The van der Waals surface area contributed by atoms with Crippen LogP contribution < -0.4 is 4.90 Å². The van der Waals surface area contributed by atoms with Crippen molar-refractivity contribution in [1.29, 1.82) is 0 Å². The average molecular weight is 387 g/mol. The normalized spacial score (nSPS) is 14.6. The molecule has 1 aliphatic rings. The summed E-state index contributed by atoms with van der Waals surface area (Å²) in [6.45, 7) is 6.00. The van der Waals surface area contributed by atoms with Gasteiger partial charge in [-0.2, -0.15) is 0 Å². The fraction of sp³-hybridized carbons (Fsp3) is 0.333. The van der Waals surface area contributed by atoms with Gasteiger partial charge < -0.3 is 14.2 Å². The molecule has 0 N–H and O–H groups in total. The van der Waals surface area contributed by atoms with Crippen LogP contribution in [0.1, 0.15) is 21.1 Å². The Labute approximate surface area is 159 Å². The Morgan fingerprint density at radius 1 is 1.15 bits per heavy atom. The second-order valence-corrected chi connectivity index (χ2v) is 7.32. The molecule has 0 aliphatic carbocycles. The van der Waals surface area contributed by atoms with Crippen LogP contribution in [0.2, 0.25) is 0 Å². The number of aromatic nitrogens is 3. The molecule has 0 saturated carbocycles. The standard InChI is InChI=1S/C18H18FN5O2S/c1-11-3-4-14(26-11)16-22-12(2)15(27-16)17(25)23-5-7-24(8-6-23)18-20-9-13(19)10-21-18/h3-4,9-10H,5-8H2,1-2H3. The highest BCUT2D eigenvalue weighted by Crippen LogP contribution is 2.30. The Balaban J connectivity index is 1.45. The van der Waals surface area contributed by atoms with E-state index >= 15 is 0 Å². The summed E-state index contributed by atoms with van der Waals surface area (Å²) in [6, 6.07) is 3.74. The van der Waals surface area contributed by atoms with Crippen molar-refractivity contribution >= 4 is 23.2 Å². The van der Waals surface area contributed by atoms with E-state index in [1.807, 2.05) is 30.9 Å². The van der Waals surface area contributed by atoms with Crippen LogP contribution in [0.5, 0.6) is 0 Å². The summed E-state index contributed by atoms with van der Waals surface area (Å²) in [5.41, 5.74) is 0.707. The molecule has 0 spiro atoms. The van der Waals surface area contributed by atoms with Gasteiger partial charge in [-0.25, -0.2) is 19.3 Å². The van der Waals surface area contributed by atoms with E-state index in [4.69, 9.17) is 4.42 Å². The van der Waals surface area contributed by atoms with Crippen LogP contribution in [-0.2, 0) is 0 Å². The summed E-state index contributed by atoms with van der Waals surface area (Å²) in [7, 11) is 0. The SMILES string of the molecule is Cc1ccc(-c2nc(C)c(C(=O)N3CCN(c4ncc(F)cn4)CC3)s2)o1. The molecule has 0 radical (unpaired) electrons. The minimum atomic E-state index is -0.462. The van der Waals surface area contributed by atoms with Crippen molar-refractivity contribution in [2.75, 3.05) is 31.1 Å². The third-order valence-electron chi connectivity index (χ3n) is 4.40. The first-order valence-electron chi connectivity index (χ1n) is 8.57. The van der Waals surface area contributed by atoms with Crippen molar-refractivity contribution in [3.8, 4) is 10.8 Å². The van der Waals surface area contributed by atoms with E-state index in [2.05, 4.69) is 15.0 Å². The van der Waals surface area contributed by atoms with Crippen molar-refractivity contribution in [2.45, 2.75) is 13.8 Å². The molecule has 7 nitrogen and oxygen atoms in total. The zero-order valence-corrected chi connectivity index (χ0v) is 15.8. The van der Waals surface area contributed by atoms with Gasteiger partial charge in [0.2, 0.25) is 5.95 Å². The first-order valence-corrected chi connectivity index (χ1v) is 9.39. The van der Waals surface area contributed by atoms with E-state index in [1.54, 1.807) is 4.90 Å². The average Bonchev–Trinajstić information content (AvgIpc) is 3.28. The monoisotopic (exact) mass is 387 g/mol. The Hall–Kier alpha value is -2.81. The van der Waals surface area contributed by atoms with Gasteiger partial charge in [-0.05, 0) is 26.0 Å². The lowest BCUT2D eigenvalue weighted by Gasteiger charge is -2.34. The molecule has 1 amide bonds. The molecule has 0 aromatic carbocycles. The highest BCUT2D eigenvalue weighted by molar-refractivity contribution is 7.17. The maximum atomic E-state index is 13.0. The van der Waals surface area contributed by atoms with Crippen molar-refractivity contribution in [3.63, 3.8) is 0 Å². The van der Waals surface area contributed by atoms with Gasteiger partial charge in [0.25, 0.3) is 5.91 Å². The number of aryl methyl sites for hydroxylation is 2. The Kier molecular flexibility index (Phi) is 4.61. The molecule has 140 valence electrons. The largest absolute Gasteiger partial charge is 0.459 e. The highest BCUT2D eigenvalue weighted by Gasteiger charge is 2.27. The maximum absolute atomic E-state index is 13.0. The predicted octanol–water partition coefficient (Wildman–Crippen LogP) is 2.91. The Morgan fingerprint density at radius 2 is 1.85 bits per heavy atom. The van der Waals surface area contributed by atoms with E-state index in [-0.39, 0.29) is 5.91 Å². The van der Waals surface area contributed by atoms with E-state index in [1.165, 1.54) is 11.3 Å². The number of halogens is 1. The van der Waals surface area contributed by atoms with Gasteiger partial charge in [-0.15, -0.1) is 11.3 Å². The number of rotatable bonds is 3. The van der Waals surface area contributed by atoms with Crippen LogP contribution in [0.15, 0.2) is 28.9 Å². The summed E-state index contributed by atoms with van der Waals surface area (Å²) in [6.07, 6.45) is 2.30. The Bertz CT molecular complexity index is 961. The second kappa shape index (κ2) is 7.07. The number of thiazole rings is 1. The quantitative estimate of drug-likeness (QED) is 0.688. The molecule has 0 unspecified atom stereocenters. The van der Waals surface area contributed by atoms with Gasteiger partial charge in [-0.1, -0.05) is 0 Å². The molecule has 3 aromatic rings. The lowest BCUT2D eigenvalue weighted by Crippen LogP contribution is -2.49. The Morgan fingerprint density at radius 3 is 2.48 bits per heavy atom. The predicted molar refractivity (Wildman–Crippen MR) is 99.4 cm³/mol. The molecule has 9 heteroatoms. The molecule has 27 heavy (non-hydrogen) atoms. The van der Waals surface area contributed by atoms with E-state index in [0.29, 0.717) is 53.5 Å². The van der Waals surface area contributed by atoms with E-state index in [9.17, 15) is 9.18 Å². The first kappa shape index (κ1) is 17.6. The number of nitrogens with zero attached hydrogens (tertiary/aromatic N) is 5. The van der Waals surface area contributed by atoms with Gasteiger partial charge in [0.1, 0.15) is 10.6 Å². The summed E-state index contributed by atoms with van der Waals surface area (Å²) in [5.74, 6) is 1.48. The van der Waals surface area contributed by atoms with Crippen LogP contribution in [0.4, 0.5) is 10.3 Å². The lowest BCUT2D eigenvalue weighted by molar-refractivity contribution is 0.0750. The number of furan rings is 1. The third kappa shape index (κ3) is 3.55. The number of carbonyl (C=O) groups is 1. The van der Waals surface area contributed by atoms with Gasteiger partial charge in [0.15, 0.2) is 16.6 Å². The lowest BCUT2D eigenvalue weighted by atomic mass is 10.3. The number of amides is 1. The van der Waals surface area contributed by atoms with Crippen LogP contribution in [0, 0.1) is 19.7 Å². The van der Waals surface area contributed by atoms with Crippen molar-refractivity contribution in [3.05, 3.63) is 46.7 Å². The first-order chi connectivity index (χ1) is 13.0. The minimum Gasteiger partial charge on any atom is -0.459 e. The minimum absolute atomic E-state index is 0.0285. The molecule has 0 bridgehead atoms. The van der Waals surface area contributed by atoms with Crippen LogP contribution >= 0.6 is 11.3 Å². The summed E-state index contributed by atoms with van der Waals surface area (Å²) >= 11 is 1.35. The zero-order chi connectivity index (χ0) is 19.0. The molecular weight excluding hydrogens is 369 g/mol. The summed E-state index contributed by atoms with van der Waals surface area (Å²) in [5, 5.41) is 0.710. The second-order valence-electron chi connectivity index (χ2n) is 6.32. The fourth-order valence-corrected chi connectivity index (χ4v) is 3.97. The molecule has 4 heterocycles. The van der Waals surface area contributed by atoms with Gasteiger partial charge in [0.05, 0.1) is 18.1 Å². The number of piperazine rings is 1. The van der Waals surface area contributed by atoms with E-state index < -0.39 is 5.82 Å². The van der Waals surface area contributed by atoms with Crippen molar-refractivity contribution in [1.82, 2.24) is 19.9 Å². The van der Waals surface area contributed by atoms with Crippen LogP contribution in [0.3, 0.4) is 0 Å². The molecule has 4 rings (SSSR count). The topological polar surface area (TPSA) is 75.4 Å². The molecule has 0 atom stereocenters. The summed E-state index contributed by atoms with van der Waals surface area (Å²) in [4.78, 5) is 29.8. The third-order valence-corrected chi connectivity index (χ3v) is 5.56. The number of hydrogen-bond donors (Lipinski definition) is 0. The number of carbonyl (C=O) groups excluding carboxylic acids is 1. The molecule has 1 saturated heterocycles. The molecular formula is C18H18FN5O2S. The van der Waals surface area contributed by atoms with Gasteiger partial charge >= 0.3 is 0 Å². The number of anilines is 1. The number of hydrogen-bond acceptors (Lipinski definition) is 7. The van der Waals surface area contributed by atoms with Crippen LogP contribution in [0.25, 0.3) is 10.8 Å². The highest BCUT2D eigenvalue weighted by atomic mass is 32.1. The summed E-state index contributed by atoms with van der Waals surface area (Å²) < 4.78 is 18.6. The fourth-order valence-electron chi connectivity index (χ4n) is 2.97. The van der Waals surface area contributed by atoms with Crippen molar-refractivity contribution < 1.29 is 13.6 Å². The van der Waals surface area contributed by atoms with Crippen LogP contribution in [-0.4, -0.2) is 51.9 Å². The molecule has 1 aliphatic heterocycles. The van der Waals surface area contributed by atoms with Gasteiger partial charge in [0, 0.05) is 26.2 Å². The van der Waals surface area contributed by atoms with E-state index in [0.717, 1.165) is 18.2 Å². The van der Waals surface area contributed by atoms with Gasteiger partial charge in [-0.3, -0.25) is 4.79 Å². The smallest absolute Gasteiger partial charge is 0.265 e. The maximum Gasteiger partial charge on any atom is 0.265 e. The van der Waals surface area contributed by atoms with Crippen molar-refractivity contribution in [2.24, 2.45) is 0 Å². The zero-order valence-electron chi connectivity index (χ0n) is 15.0. The molecule has 1 fully saturated rings.